The van der Waals surface area contributed by atoms with Crippen molar-refractivity contribution in [2.75, 3.05) is 0 Å². The van der Waals surface area contributed by atoms with Gasteiger partial charge in [0.25, 0.3) is 0 Å². The predicted molar refractivity (Wildman–Crippen MR) is 67.6 cm³/mol. The Balaban J connectivity index is 2.45. The molecule has 1 atom stereocenters. The number of carbonyl (C=O) groups is 1. The summed E-state index contributed by atoms with van der Waals surface area (Å²) in [4.78, 5) is 11.6. The molecule has 2 N–H and O–H groups in total. The number of carbonyl (C=O) groups excluding carboxylic acids is 1. The normalized spacial score (nSPS) is 12.5. The summed E-state index contributed by atoms with van der Waals surface area (Å²) in [6.45, 7) is 1.91. The molecule has 0 heterocycles. The standard InChI is InChI=1S/C13H17ClFNO/c1-9(16)3-2-4-12(17)7-10-5-6-11(14)8-13(10)15/h5-6,8-9H,2-4,7,16H2,1H3. The quantitative estimate of drug-likeness (QED) is 0.851. The molecule has 94 valence electrons. The van der Waals surface area contributed by atoms with Gasteiger partial charge < -0.3 is 5.73 Å². The average molecular weight is 258 g/mol. The number of rotatable bonds is 6. The summed E-state index contributed by atoms with van der Waals surface area (Å²) in [5.41, 5.74) is 5.99. The number of ketones is 1. The first-order chi connectivity index (χ1) is 7.99. The van der Waals surface area contributed by atoms with E-state index >= 15 is 0 Å². The molecule has 2 nitrogen and oxygen atoms in total. The van der Waals surface area contributed by atoms with Crippen molar-refractivity contribution in [3.05, 3.63) is 34.6 Å². The maximum absolute atomic E-state index is 13.4. The minimum absolute atomic E-state index is 0.0341. The van der Waals surface area contributed by atoms with E-state index in [4.69, 9.17) is 17.3 Å². The molecule has 0 saturated heterocycles. The van der Waals surface area contributed by atoms with Crippen molar-refractivity contribution in [1.29, 1.82) is 0 Å². The van der Waals surface area contributed by atoms with Crippen molar-refractivity contribution >= 4 is 17.4 Å². The third kappa shape index (κ3) is 5.29. The first-order valence-corrected chi connectivity index (χ1v) is 6.08. The Kier molecular flexibility index (Phi) is 5.59. The molecule has 0 saturated carbocycles. The molecule has 0 bridgehead atoms. The van der Waals surface area contributed by atoms with Crippen LogP contribution in [0.5, 0.6) is 0 Å². The fourth-order valence-corrected chi connectivity index (χ4v) is 1.75. The number of Topliss-reactive ketones (excluding diaryl/α,β-unsaturated/α-hetero) is 1. The van der Waals surface area contributed by atoms with E-state index in [1.807, 2.05) is 6.92 Å². The molecule has 0 fully saturated rings. The van der Waals surface area contributed by atoms with Gasteiger partial charge in [-0.05, 0) is 37.5 Å². The molecule has 0 radical (unpaired) electrons. The van der Waals surface area contributed by atoms with E-state index in [-0.39, 0.29) is 18.2 Å². The summed E-state index contributed by atoms with van der Waals surface area (Å²) in [5, 5.41) is 0.343. The zero-order valence-corrected chi connectivity index (χ0v) is 10.6. The van der Waals surface area contributed by atoms with E-state index in [1.54, 1.807) is 12.1 Å². The van der Waals surface area contributed by atoms with E-state index in [0.717, 1.165) is 12.8 Å². The molecule has 1 aromatic carbocycles. The minimum Gasteiger partial charge on any atom is -0.328 e. The SMILES string of the molecule is CC(N)CCCC(=O)Cc1ccc(Cl)cc1F. The second kappa shape index (κ2) is 6.72. The summed E-state index contributed by atoms with van der Waals surface area (Å²) in [6.07, 6.45) is 2.14. The van der Waals surface area contributed by atoms with Crippen LogP contribution in [0.1, 0.15) is 31.7 Å². The molecule has 1 unspecified atom stereocenters. The first kappa shape index (κ1) is 14.1. The second-order valence-electron chi connectivity index (χ2n) is 4.32. The molecule has 1 rings (SSSR count). The summed E-state index contributed by atoms with van der Waals surface area (Å²) in [6, 6.07) is 4.48. The van der Waals surface area contributed by atoms with Crippen molar-refractivity contribution < 1.29 is 9.18 Å². The third-order valence-electron chi connectivity index (χ3n) is 2.52. The number of nitrogens with two attached hydrogens (primary N) is 1. The van der Waals surface area contributed by atoms with Gasteiger partial charge in [0.05, 0.1) is 0 Å². The molecule has 17 heavy (non-hydrogen) atoms. The average Bonchev–Trinajstić information content (AvgIpc) is 2.21. The van der Waals surface area contributed by atoms with Crippen LogP contribution < -0.4 is 5.73 Å². The molecule has 0 aliphatic heterocycles. The maximum Gasteiger partial charge on any atom is 0.137 e. The molecule has 0 spiro atoms. The van der Waals surface area contributed by atoms with Crippen molar-refractivity contribution in [3.63, 3.8) is 0 Å². The molecular weight excluding hydrogens is 241 g/mol. The van der Waals surface area contributed by atoms with Crippen LogP contribution in [0.15, 0.2) is 18.2 Å². The van der Waals surface area contributed by atoms with E-state index in [2.05, 4.69) is 0 Å². The van der Waals surface area contributed by atoms with E-state index in [0.29, 0.717) is 17.0 Å². The van der Waals surface area contributed by atoms with Gasteiger partial charge in [0.2, 0.25) is 0 Å². The number of hydrogen-bond acceptors (Lipinski definition) is 2. The molecule has 1 aromatic rings. The minimum atomic E-state index is -0.418. The Morgan fingerprint density at radius 1 is 1.53 bits per heavy atom. The monoisotopic (exact) mass is 257 g/mol. The van der Waals surface area contributed by atoms with E-state index in [9.17, 15) is 9.18 Å². The number of benzene rings is 1. The van der Waals surface area contributed by atoms with Gasteiger partial charge in [-0.25, -0.2) is 4.39 Å². The van der Waals surface area contributed by atoms with Crippen LogP contribution in [0.25, 0.3) is 0 Å². The molecular formula is C13H17ClFNO. The van der Waals surface area contributed by atoms with Crippen LogP contribution in [0.2, 0.25) is 5.02 Å². The summed E-state index contributed by atoms with van der Waals surface area (Å²) in [5.74, 6) is -0.384. The highest BCUT2D eigenvalue weighted by Gasteiger charge is 2.09. The Labute approximate surface area is 106 Å². The van der Waals surface area contributed by atoms with Gasteiger partial charge in [0.15, 0.2) is 0 Å². The predicted octanol–water partition coefficient (Wildman–Crippen LogP) is 3.11. The Morgan fingerprint density at radius 3 is 2.82 bits per heavy atom. The van der Waals surface area contributed by atoms with E-state index in [1.165, 1.54) is 6.07 Å². The lowest BCUT2D eigenvalue weighted by Gasteiger charge is -2.05. The largest absolute Gasteiger partial charge is 0.328 e. The van der Waals surface area contributed by atoms with E-state index < -0.39 is 5.82 Å². The number of hydrogen-bond donors (Lipinski definition) is 1. The molecule has 4 heteroatoms. The van der Waals surface area contributed by atoms with Crippen molar-refractivity contribution in [3.8, 4) is 0 Å². The van der Waals surface area contributed by atoms with Crippen LogP contribution >= 0.6 is 11.6 Å². The molecule has 0 aliphatic rings. The fourth-order valence-electron chi connectivity index (χ4n) is 1.59. The Morgan fingerprint density at radius 2 is 2.24 bits per heavy atom. The van der Waals surface area contributed by atoms with Gasteiger partial charge >= 0.3 is 0 Å². The van der Waals surface area contributed by atoms with Crippen molar-refractivity contribution in [2.45, 2.75) is 38.6 Å². The third-order valence-corrected chi connectivity index (χ3v) is 2.75. The lowest BCUT2D eigenvalue weighted by Crippen LogP contribution is -2.15. The molecule has 0 amide bonds. The zero-order chi connectivity index (χ0) is 12.8. The second-order valence-corrected chi connectivity index (χ2v) is 4.76. The first-order valence-electron chi connectivity index (χ1n) is 5.70. The van der Waals surface area contributed by atoms with Gasteiger partial charge in [-0.15, -0.1) is 0 Å². The van der Waals surface area contributed by atoms with Crippen LogP contribution in [0.4, 0.5) is 4.39 Å². The Hall–Kier alpha value is -0.930. The zero-order valence-electron chi connectivity index (χ0n) is 9.88. The van der Waals surface area contributed by atoms with Crippen LogP contribution in [0, 0.1) is 5.82 Å². The van der Waals surface area contributed by atoms with Gasteiger partial charge in [-0.3, -0.25) is 4.79 Å². The highest BCUT2D eigenvalue weighted by molar-refractivity contribution is 6.30. The maximum atomic E-state index is 13.4. The summed E-state index contributed by atoms with van der Waals surface area (Å²) < 4.78 is 13.4. The fraction of sp³-hybridized carbons (Fsp3) is 0.462. The summed E-state index contributed by atoms with van der Waals surface area (Å²) >= 11 is 5.63. The smallest absolute Gasteiger partial charge is 0.137 e. The van der Waals surface area contributed by atoms with Crippen LogP contribution in [-0.2, 0) is 11.2 Å². The van der Waals surface area contributed by atoms with Crippen LogP contribution in [-0.4, -0.2) is 11.8 Å². The van der Waals surface area contributed by atoms with Gasteiger partial charge in [-0.1, -0.05) is 17.7 Å². The van der Waals surface area contributed by atoms with Gasteiger partial charge in [0, 0.05) is 23.9 Å². The van der Waals surface area contributed by atoms with Crippen LogP contribution in [0.3, 0.4) is 0 Å². The number of halogens is 2. The highest BCUT2D eigenvalue weighted by atomic mass is 35.5. The topological polar surface area (TPSA) is 43.1 Å². The Bertz CT molecular complexity index is 393. The molecule has 0 aromatic heterocycles. The van der Waals surface area contributed by atoms with Gasteiger partial charge in [-0.2, -0.15) is 0 Å². The molecule has 0 aliphatic carbocycles. The lowest BCUT2D eigenvalue weighted by molar-refractivity contribution is -0.118. The lowest BCUT2D eigenvalue weighted by atomic mass is 10.0. The summed E-state index contributed by atoms with van der Waals surface area (Å²) in [7, 11) is 0. The van der Waals surface area contributed by atoms with Gasteiger partial charge in [0.1, 0.15) is 11.6 Å². The highest BCUT2D eigenvalue weighted by Crippen LogP contribution is 2.16. The van der Waals surface area contributed by atoms with Crippen molar-refractivity contribution in [1.82, 2.24) is 0 Å². The van der Waals surface area contributed by atoms with Crippen molar-refractivity contribution in [2.24, 2.45) is 5.73 Å².